The Morgan fingerprint density at radius 1 is 0.914 bits per heavy atom. The number of hydrogen-bond donors (Lipinski definition) is 1. The second kappa shape index (κ2) is 12.7. The maximum atomic E-state index is 12.6. The summed E-state index contributed by atoms with van der Waals surface area (Å²) in [5.74, 6) is -2.15. The molecule has 9 nitrogen and oxygen atoms in total. The largest absolute Gasteiger partial charge is 0.468 e. The zero-order valence-electron chi connectivity index (χ0n) is 20.4. The van der Waals surface area contributed by atoms with Gasteiger partial charge in [-0.2, -0.15) is 0 Å². The number of ether oxygens (including phenoxy) is 4. The summed E-state index contributed by atoms with van der Waals surface area (Å²) in [7, 11) is 1.21. The van der Waals surface area contributed by atoms with Gasteiger partial charge in [-0.3, -0.25) is 14.4 Å². The van der Waals surface area contributed by atoms with Crippen molar-refractivity contribution in [3.63, 3.8) is 0 Å². The molecular formula is C26H31NO8. The summed E-state index contributed by atoms with van der Waals surface area (Å²) in [4.78, 5) is 48.7. The number of nitrogens with two attached hydrogens (primary N) is 1. The molecule has 0 radical (unpaired) electrons. The van der Waals surface area contributed by atoms with Crippen molar-refractivity contribution in [2.24, 2.45) is 5.73 Å². The molecule has 0 aromatic heterocycles. The molecule has 2 aromatic rings. The third-order valence-electron chi connectivity index (χ3n) is 5.11. The summed E-state index contributed by atoms with van der Waals surface area (Å²) in [6, 6.07) is 13.0. The molecule has 9 heteroatoms. The van der Waals surface area contributed by atoms with Gasteiger partial charge in [-0.1, -0.05) is 38.1 Å². The van der Waals surface area contributed by atoms with Crippen molar-refractivity contribution in [2.75, 3.05) is 7.11 Å². The van der Waals surface area contributed by atoms with E-state index in [9.17, 15) is 19.2 Å². The van der Waals surface area contributed by atoms with Gasteiger partial charge in [0.25, 0.3) is 0 Å². The molecule has 188 valence electrons. The SMILES string of the molecule is CCC(=O)Oc1ccc(CC(N)(C[C@H](C)OC(=O)c2ccccc2)C(=O)OC)cc1OC(=O)CC. The predicted octanol–water partition coefficient (Wildman–Crippen LogP) is 3.37. The fourth-order valence-electron chi connectivity index (χ4n) is 3.39. The van der Waals surface area contributed by atoms with Crippen LogP contribution < -0.4 is 15.2 Å². The second-order valence-electron chi connectivity index (χ2n) is 8.05. The maximum Gasteiger partial charge on any atom is 0.338 e. The van der Waals surface area contributed by atoms with E-state index in [4.69, 9.17) is 24.7 Å². The van der Waals surface area contributed by atoms with Crippen LogP contribution in [0.25, 0.3) is 0 Å². The standard InChI is InChI=1S/C26H31NO8/c1-5-22(28)34-20-13-12-18(14-21(20)35-23(29)6-2)16-26(27,25(31)32-4)15-17(3)33-24(30)19-10-8-7-9-11-19/h7-14,17H,5-6,15-16,27H2,1-4H3/t17-,26?/m0/s1. The lowest BCUT2D eigenvalue weighted by molar-refractivity contribution is -0.148. The van der Waals surface area contributed by atoms with Crippen molar-refractivity contribution in [3.8, 4) is 11.5 Å². The molecule has 2 rings (SSSR count). The zero-order chi connectivity index (χ0) is 26.0. The molecular weight excluding hydrogens is 454 g/mol. The molecule has 2 aromatic carbocycles. The maximum absolute atomic E-state index is 12.6. The smallest absolute Gasteiger partial charge is 0.338 e. The Morgan fingerprint density at radius 2 is 1.51 bits per heavy atom. The predicted molar refractivity (Wildman–Crippen MR) is 127 cm³/mol. The Morgan fingerprint density at radius 3 is 2.09 bits per heavy atom. The minimum Gasteiger partial charge on any atom is -0.468 e. The van der Waals surface area contributed by atoms with Crippen LogP contribution in [0.3, 0.4) is 0 Å². The first kappa shape index (κ1) is 27.5. The molecule has 0 amide bonds. The van der Waals surface area contributed by atoms with Crippen LogP contribution >= 0.6 is 0 Å². The van der Waals surface area contributed by atoms with Crippen molar-refractivity contribution in [1.29, 1.82) is 0 Å². The molecule has 0 saturated heterocycles. The summed E-state index contributed by atoms with van der Waals surface area (Å²) >= 11 is 0. The van der Waals surface area contributed by atoms with Gasteiger partial charge in [0.05, 0.1) is 12.7 Å². The van der Waals surface area contributed by atoms with Crippen LogP contribution in [-0.4, -0.2) is 42.6 Å². The minimum absolute atomic E-state index is 0.0222. The Bertz CT molecular complexity index is 1050. The van der Waals surface area contributed by atoms with Gasteiger partial charge in [-0.25, -0.2) is 4.79 Å². The van der Waals surface area contributed by atoms with E-state index in [-0.39, 0.29) is 37.2 Å². The molecule has 35 heavy (non-hydrogen) atoms. The lowest BCUT2D eigenvalue weighted by Gasteiger charge is -2.29. The minimum atomic E-state index is -1.56. The van der Waals surface area contributed by atoms with Crippen molar-refractivity contribution in [3.05, 3.63) is 59.7 Å². The van der Waals surface area contributed by atoms with Crippen LogP contribution in [0.1, 0.15) is 56.0 Å². The first-order valence-corrected chi connectivity index (χ1v) is 11.3. The van der Waals surface area contributed by atoms with Gasteiger partial charge in [-0.05, 0) is 36.8 Å². The Hall–Kier alpha value is -3.72. The van der Waals surface area contributed by atoms with Crippen LogP contribution in [0, 0.1) is 0 Å². The first-order chi connectivity index (χ1) is 16.6. The van der Waals surface area contributed by atoms with Crippen LogP contribution in [0.15, 0.2) is 48.5 Å². The topological polar surface area (TPSA) is 131 Å². The Kier molecular flexibility index (Phi) is 9.96. The lowest BCUT2D eigenvalue weighted by atomic mass is 9.86. The summed E-state index contributed by atoms with van der Waals surface area (Å²) in [6.07, 6.45) is -0.524. The van der Waals surface area contributed by atoms with Gasteiger partial charge in [-0.15, -0.1) is 0 Å². The number of carbonyl (C=O) groups excluding carboxylic acids is 4. The van der Waals surface area contributed by atoms with Gasteiger partial charge >= 0.3 is 23.9 Å². The van der Waals surface area contributed by atoms with E-state index in [0.29, 0.717) is 11.1 Å². The van der Waals surface area contributed by atoms with Gasteiger partial charge in [0.2, 0.25) is 0 Å². The van der Waals surface area contributed by atoms with E-state index in [2.05, 4.69) is 0 Å². The van der Waals surface area contributed by atoms with Crippen LogP contribution in [0.5, 0.6) is 11.5 Å². The van der Waals surface area contributed by atoms with Gasteiger partial charge in [0, 0.05) is 25.7 Å². The van der Waals surface area contributed by atoms with E-state index in [0.717, 1.165) is 0 Å². The number of hydrogen-bond acceptors (Lipinski definition) is 9. The van der Waals surface area contributed by atoms with Crippen molar-refractivity contribution in [1.82, 2.24) is 0 Å². The number of benzene rings is 2. The summed E-state index contributed by atoms with van der Waals surface area (Å²) in [6.45, 7) is 4.90. The van der Waals surface area contributed by atoms with Crippen molar-refractivity contribution in [2.45, 2.75) is 58.1 Å². The van der Waals surface area contributed by atoms with Crippen molar-refractivity contribution >= 4 is 23.9 Å². The Balaban J connectivity index is 2.27. The highest BCUT2D eigenvalue weighted by atomic mass is 16.6. The number of rotatable bonds is 11. The molecule has 1 unspecified atom stereocenters. The van der Waals surface area contributed by atoms with Crippen molar-refractivity contribution < 1.29 is 38.1 Å². The average molecular weight is 486 g/mol. The molecule has 0 aliphatic rings. The molecule has 0 aliphatic heterocycles. The average Bonchev–Trinajstić information content (AvgIpc) is 2.85. The monoisotopic (exact) mass is 485 g/mol. The van der Waals surface area contributed by atoms with E-state index in [1.54, 1.807) is 57.2 Å². The molecule has 2 atom stereocenters. The van der Waals surface area contributed by atoms with E-state index in [1.165, 1.54) is 19.2 Å². The van der Waals surface area contributed by atoms with Gasteiger partial charge in [0.1, 0.15) is 11.6 Å². The second-order valence-corrected chi connectivity index (χ2v) is 8.05. The highest BCUT2D eigenvalue weighted by molar-refractivity contribution is 5.89. The molecule has 0 spiro atoms. The van der Waals surface area contributed by atoms with Crippen LogP contribution in [0.4, 0.5) is 0 Å². The molecule has 0 saturated carbocycles. The van der Waals surface area contributed by atoms with E-state index >= 15 is 0 Å². The highest BCUT2D eigenvalue weighted by Crippen LogP contribution is 2.31. The number of methoxy groups -OCH3 is 1. The number of carbonyl (C=O) groups is 4. The zero-order valence-corrected chi connectivity index (χ0v) is 20.4. The third kappa shape index (κ3) is 7.92. The summed E-state index contributed by atoms with van der Waals surface area (Å²) < 4.78 is 21.0. The van der Waals surface area contributed by atoms with Gasteiger partial charge in [0.15, 0.2) is 11.5 Å². The fourth-order valence-corrected chi connectivity index (χ4v) is 3.39. The Labute approximate surface area is 204 Å². The van der Waals surface area contributed by atoms with Gasteiger partial charge < -0.3 is 24.7 Å². The number of esters is 4. The first-order valence-electron chi connectivity index (χ1n) is 11.3. The highest BCUT2D eigenvalue weighted by Gasteiger charge is 2.38. The molecule has 0 aliphatic carbocycles. The summed E-state index contributed by atoms with van der Waals surface area (Å²) in [5.41, 5.74) is 5.80. The molecule has 0 bridgehead atoms. The molecule has 0 fully saturated rings. The van der Waals surface area contributed by atoms with E-state index < -0.39 is 35.5 Å². The van der Waals surface area contributed by atoms with Crippen LogP contribution in [-0.2, 0) is 30.3 Å². The van der Waals surface area contributed by atoms with Crippen LogP contribution in [0.2, 0.25) is 0 Å². The quantitative estimate of drug-likeness (QED) is 0.376. The lowest BCUT2D eigenvalue weighted by Crippen LogP contribution is -2.53. The molecule has 0 heterocycles. The third-order valence-corrected chi connectivity index (χ3v) is 5.11. The molecule has 2 N–H and O–H groups in total. The van der Waals surface area contributed by atoms with E-state index in [1.807, 2.05) is 0 Å². The fraction of sp³-hybridized carbons (Fsp3) is 0.385. The normalized spacial score (nSPS) is 13.2. The summed E-state index contributed by atoms with van der Waals surface area (Å²) in [5, 5.41) is 0.